The van der Waals surface area contributed by atoms with Crippen molar-refractivity contribution < 1.29 is 12.8 Å². The smallest absolute Gasteiger partial charge is 0.301 e. The molecule has 3 N–H and O–H groups in total. The Morgan fingerprint density at radius 2 is 2.17 bits per heavy atom. The summed E-state index contributed by atoms with van der Waals surface area (Å²) in [5.41, 5.74) is 5.22. The molecule has 0 bridgehead atoms. The number of nitrogens with two attached hydrogens (primary N) is 1. The lowest BCUT2D eigenvalue weighted by Crippen LogP contribution is -2.34. The van der Waals surface area contributed by atoms with Crippen LogP contribution in [-0.4, -0.2) is 32.9 Å². The van der Waals surface area contributed by atoms with Crippen LogP contribution in [0, 0.1) is 5.82 Å². The predicted octanol–water partition coefficient (Wildman–Crippen LogP) is 1.53. The molecular formula is C10H15BrFN3O2S. The van der Waals surface area contributed by atoms with Crippen LogP contribution in [0.4, 0.5) is 10.1 Å². The summed E-state index contributed by atoms with van der Waals surface area (Å²) in [6.07, 6.45) is 0.542. The molecule has 1 aromatic carbocycles. The number of rotatable bonds is 6. The molecule has 102 valence electrons. The lowest BCUT2D eigenvalue weighted by Gasteiger charge is -2.18. The molecule has 0 saturated carbocycles. The van der Waals surface area contributed by atoms with Gasteiger partial charge in [-0.25, -0.2) is 4.39 Å². The third-order valence-electron chi connectivity index (χ3n) is 2.26. The summed E-state index contributed by atoms with van der Waals surface area (Å²) in [6.45, 7) is 0.677. The molecular weight excluding hydrogens is 325 g/mol. The number of nitrogens with one attached hydrogen (secondary N) is 1. The first-order chi connectivity index (χ1) is 8.36. The van der Waals surface area contributed by atoms with Crippen LogP contribution in [0.25, 0.3) is 0 Å². The predicted molar refractivity (Wildman–Crippen MR) is 72.9 cm³/mol. The van der Waals surface area contributed by atoms with E-state index in [0.29, 0.717) is 17.4 Å². The van der Waals surface area contributed by atoms with Gasteiger partial charge >= 0.3 is 10.2 Å². The third-order valence-corrected chi connectivity index (χ3v) is 4.23. The molecule has 0 unspecified atom stereocenters. The average molecular weight is 340 g/mol. The molecule has 0 aliphatic carbocycles. The Bertz CT molecular complexity index is 510. The molecule has 0 atom stereocenters. The molecule has 0 heterocycles. The maximum atomic E-state index is 13.5. The van der Waals surface area contributed by atoms with Crippen LogP contribution in [0.2, 0.25) is 0 Å². The Balaban J connectivity index is 2.82. The molecule has 0 amide bonds. The Labute approximate surface area is 114 Å². The largest absolute Gasteiger partial charge is 0.330 e. The maximum absolute atomic E-state index is 13.5. The molecule has 0 aliphatic rings. The highest BCUT2D eigenvalue weighted by molar-refractivity contribution is 9.10. The van der Waals surface area contributed by atoms with E-state index in [9.17, 15) is 12.8 Å². The van der Waals surface area contributed by atoms with Crippen molar-refractivity contribution in [3.05, 3.63) is 28.5 Å². The number of halogens is 2. The molecule has 0 spiro atoms. The monoisotopic (exact) mass is 339 g/mol. The Hall–Kier alpha value is -0.700. The van der Waals surface area contributed by atoms with Crippen LogP contribution in [0.5, 0.6) is 0 Å². The van der Waals surface area contributed by atoms with Gasteiger partial charge in [0.15, 0.2) is 0 Å². The summed E-state index contributed by atoms with van der Waals surface area (Å²) in [5.74, 6) is -0.639. The summed E-state index contributed by atoms with van der Waals surface area (Å²) in [6, 6.07) is 4.10. The van der Waals surface area contributed by atoms with Crippen molar-refractivity contribution in [3.63, 3.8) is 0 Å². The van der Waals surface area contributed by atoms with Crippen molar-refractivity contribution in [1.29, 1.82) is 0 Å². The zero-order chi connectivity index (χ0) is 13.8. The van der Waals surface area contributed by atoms with Gasteiger partial charge in [0.1, 0.15) is 5.82 Å². The highest BCUT2D eigenvalue weighted by atomic mass is 79.9. The van der Waals surface area contributed by atoms with Gasteiger partial charge in [-0.15, -0.1) is 0 Å². The minimum Gasteiger partial charge on any atom is -0.330 e. The summed E-state index contributed by atoms with van der Waals surface area (Å²) >= 11 is 3.10. The van der Waals surface area contributed by atoms with Crippen molar-refractivity contribution in [2.45, 2.75) is 6.42 Å². The molecule has 18 heavy (non-hydrogen) atoms. The zero-order valence-corrected chi connectivity index (χ0v) is 12.3. The van der Waals surface area contributed by atoms with Gasteiger partial charge in [-0.2, -0.15) is 12.7 Å². The second-order valence-electron chi connectivity index (χ2n) is 3.70. The van der Waals surface area contributed by atoms with E-state index in [2.05, 4.69) is 20.7 Å². The number of anilines is 1. The van der Waals surface area contributed by atoms with Gasteiger partial charge in [-0.3, -0.25) is 4.72 Å². The van der Waals surface area contributed by atoms with Gasteiger partial charge in [-0.05, 0) is 31.2 Å². The topological polar surface area (TPSA) is 75.4 Å². The summed E-state index contributed by atoms with van der Waals surface area (Å²) in [7, 11) is -2.34. The highest BCUT2D eigenvalue weighted by Crippen LogP contribution is 2.20. The Morgan fingerprint density at radius 3 is 2.72 bits per heavy atom. The van der Waals surface area contributed by atoms with Crippen molar-refractivity contribution in [1.82, 2.24) is 4.31 Å². The normalized spacial score (nSPS) is 11.8. The molecule has 0 aromatic heterocycles. The van der Waals surface area contributed by atoms with E-state index in [1.807, 2.05) is 0 Å². The van der Waals surface area contributed by atoms with Crippen molar-refractivity contribution in [2.75, 3.05) is 24.9 Å². The minimum absolute atomic E-state index is 0.0854. The van der Waals surface area contributed by atoms with E-state index in [4.69, 9.17) is 5.73 Å². The molecule has 1 aromatic rings. The van der Waals surface area contributed by atoms with E-state index in [1.54, 1.807) is 6.07 Å². The second kappa shape index (κ2) is 6.46. The van der Waals surface area contributed by atoms with Gasteiger partial charge in [0.05, 0.1) is 5.69 Å². The fraction of sp³-hybridized carbons (Fsp3) is 0.400. The van der Waals surface area contributed by atoms with E-state index >= 15 is 0 Å². The number of nitrogens with zero attached hydrogens (tertiary/aromatic N) is 1. The van der Waals surface area contributed by atoms with Crippen LogP contribution < -0.4 is 10.5 Å². The summed E-state index contributed by atoms with van der Waals surface area (Å²) < 4.78 is 41.0. The van der Waals surface area contributed by atoms with Gasteiger partial charge in [0.2, 0.25) is 0 Å². The standard InChI is InChI=1S/C10H15BrFN3O2S/c1-15(6-2-5-13)18(16,17)14-10-4-3-8(11)7-9(10)12/h3-4,7,14H,2,5-6,13H2,1H3. The summed E-state index contributed by atoms with van der Waals surface area (Å²) in [5, 5.41) is 0. The van der Waals surface area contributed by atoms with Crippen LogP contribution in [-0.2, 0) is 10.2 Å². The third kappa shape index (κ3) is 4.20. The molecule has 5 nitrogen and oxygen atoms in total. The lowest BCUT2D eigenvalue weighted by molar-refractivity contribution is 0.468. The molecule has 0 fully saturated rings. The van der Waals surface area contributed by atoms with Crippen molar-refractivity contribution in [3.8, 4) is 0 Å². The van der Waals surface area contributed by atoms with Crippen LogP contribution in [0.15, 0.2) is 22.7 Å². The van der Waals surface area contributed by atoms with E-state index in [0.717, 1.165) is 4.31 Å². The van der Waals surface area contributed by atoms with E-state index in [1.165, 1.54) is 19.2 Å². The molecule has 0 saturated heterocycles. The minimum atomic E-state index is -3.75. The van der Waals surface area contributed by atoms with Crippen LogP contribution >= 0.6 is 15.9 Å². The quantitative estimate of drug-likeness (QED) is 0.825. The van der Waals surface area contributed by atoms with Crippen molar-refractivity contribution in [2.24, 2.45) is 5.73 Å². The molecule has 0 radical (unpaired) electrons. The maximum Gasteiger partial charge on any atom is 0.301 e. The van der Waals surface area contributed by atoms with E-state index < -0.39 is 16.0 Å². The van der Waals surface area contributed by atoms with Crippen LogP contribution in [0.1, 0.15) is 6.42 Å². The first-order valence-corrected chi connectivity index (χ1v) is 7.49. The number of hydrogen-bond donors (Lipinski definition) is 2. The van der Waals surface area contributed by atoms with Gasteiger partial charge in [0.25, 0.3) is 0 Å². The first kappa shape index (κ1) is 15.4. The summed E-state index contributed by atoms with van der Waals surface area (Å²) in [4.78, 5) is 0. The van der Waals surface area contributed by atoms with Crippen molar-refractivity contribution >= 4 is 31.8 Å². The fourth-order valence-electron chi connectivity index (χ4n) is 1.22. The number of benzene rings is 1. The van der Waals surface area contributed by atoms with E-state index in [-0.39, 0.29) is 12.2 Å². The highest BCUT2D eigenvalue weighted by Gasteiger charge is 2.18. The Kier molecular flexibility index (Phi) is 5.51. The number of hydrogen-bond acceptors (Lipinski definition) is 3. The second-order valence-corrected chi connectivity index (χ2v) is 6.39. The van der Waals surface area contributed by atoms with Gasteiger partial charge in [0, 0.05) is 18.1 Å². The molecule has 1 rings (SSSR count). The first-order valence-electron chi connectivity index (χ1n) is 5.26. The van der Waals surface area contributed by atoms with Gasteiger partial charge in [-0.1, -0.05) is 15.9 Å². The zero-order valence-electron chi connectivity index (χ0n) is 9.86. The molecule has 8 heteroatoms. The SMILES string of the molecule is CN(CCCN)S(=O)(=O)Nc1ccc(Br)cc1F. The average Bonchev–Trinajstić information content (AvgIpc) is 2.29. The fourth-order valence-corrected chi connectivity index (χ4v) is 2.53. The lowest BCUT2D eigenvalue weighted by atomic mass is 10.3. The van der Waals surface area contributed by atoms with Gasteiger partial charge < -0.3 is 5.73 Å². The Morgan fingerprint density at radius 1 is 1.50 bits per heavy atom. The van der Waals surface area contributed by atoms with Crippen LogP contribution in [0.3, 0.4) is 0 Å². The molecule has 0 aliphatic heterocycles.